The molecule has 2 atom stereocenters. The third-order valence-corrected chi connectivity index (χ3v) is 5.08. The van der Waals surface area contributed by atoms with Crippen LogP contribution in [0.15, 0.2) is 61.1 Å². The van der Waals surface area contributed by atoms with E-state index in [9.17, 15) is 15.0 Å². The van der Waals surface area contributed by atoms with Gasteiger partial charge in [0.2, 0.25) is 0 Å². The van der Waals surface area contributed by atoms with Gasteiger partial charge in [-0.05, 0) is 53.9 Å². The monoisotopic (exact) mass is 405 g/mol. The maximum Gasteiger partial charge on any atom is 0.251 e. The summed E-state index contributed by atoms with van der Waals surface area (Å²) in [5.74, 6) is 0.480. The number of carbonyl (C=O) groups excluding carboxylic acids is 1. The first-order valence-corrected chi connectivity index (χ1v) is 9.72. The zero-order valence-electron chi connectivity index (χ0n) is 16.2. The van der Waals surface area contributed by atoms with Crippen molar-refractivity contribution in [3.63, 3.8) is 0 Å². The molecule has 0 radical (unpaired) electrons. The number of aromatic hydroxyl groups is 1. The highest BCUT2D eigenvalue weighted by Crippen LogP contribution is 2.22. The fraction of sp³-hybridized carbons (Fsp3) is 0.227. The Kier molecular flexibility index (Phi) is 5.87. The predicted octanol–water partition coefficient (Wildman–Crippen LogP) is 1.73. The number of phenols is 1. The molecule has 8 nitrogen and oxygen atoms in total. The quantitative estimate of drug-likeness (QED) is 0.424. The number of benzene rings is 1. The van der Waals surface area contributed by atoms with Gasteiger partial charge >= 0.3 is 0 Å². The summed E-state index contributed by atoms with van der Waals surface area (Å²) < 4.78 is 0. The fourth-order valence-corrected chi connectivity index (χ4v) is 3.46. The van der Waals surface area contributed by atoms with Crippen LogP contribution < -0.4 is 16.0 Å². The number of nitrogens with one attached hydrogen (secondary N) is 3. The van der Waals surface area contributed by atoms with Crippen molar-refractivity contribution >= 4 is 17.4 Å². The van der Waals surface area contributed by atoms with Gasteiger partial charge in [0.1, 0.15) is 11.6 Å². The lowest BCUT2D eigenvalue weighted by Crippen LogP contribution is -2.49. The van der Waals surface area contributed by atoms with Gasteiger partial charge in [-0.1, -0.05) is 6.07 Å². The van der Waals surface area contributed by atoms with Crippen LogP contribution >= 0.6 is 0 Å². The topological polar surface area (TPSA) is 119 Å². The van der Waals surface area contributed by atoms with Crippen LogP contribution in [0.4, 0.5) is 11.5 Å². The first-order chi connectivity index (χ1) is 14.6. The van der Waals surface area contributed by atoms with Gasteiger partial charge in [0, 0.05) is 37.1 Å². The summed E-state index contributed by atoms with van der Waals surface area (Å²) in [6.45, 7) is 0.685. The lowest BCUT2D eigenvalue weighted by Gasteiger charge is -2.30. The number of hydrogen-bond acceptors (Lipinski definition) is 7. The van der Waals surface area contributed by atoms with Crippen LogP contribution in [0.3, 0.4) is 0 Å². The minimum Gasteiger partial charge on any atom is -0.508 e. The normalized spacial score (nSPS) is 16.4. The Morgan fingerprint density at radius 2 is 2.10 bits per heavy atom. The van der Waals surface area contributed by atoms with Crippen molar-refractivity contribution in [2.45, 2.75) is 25.1 Å². The van der Waals surface area contributed by atoms with Gasteiger partial charge in [-0.3, -0.25) is 9.78 Å². The van der Waals surface area contributed by atoms with Crippen molar-refractivity contribution in [2.24, 2.45) is 0 Å². The second-order valence-corrected chi connectivity index (χ2v) is 7.22. The summed E-state index contributed by atoms with van der Waals surface area (Å²) >= 11 is 0. The van der Waals surface area contributed by atoms with Crippen molar-refractivity contribution in [1.29, 1.82) is 0 Å². The van der Waals surface area contributed by atoms with Crippen LogP contribution in [0.2, 0.25) is 0 Å². The third kappa shape index (κ3) is 4.73. The molecule has 154 valence electrons. The van der Waals surface area contributed by atoms with Crippen molar-refractivity contribution in [2.75, 3.05) is 11.9 Å². The molecule has 0 saturated heterocycles. The zero-order chi connectivity index (χ0) is 20.9. The summed E-state index contributed by atoms with van der Waals surface area (Å²) in [6.07, 6.45) is 4.78. The SMILES string of the molecule is O=C(NCC(O)[C@@H]1Cc2ccc(O)cc2CN1)c1ccnc(Nc2cccnc2)c1. The van der Waals surface area contributed by atoms with E-state index in [0.29, 0.717) is 24.3 Å². The second-order valence-electron chi connectivity index (χ2n) is 7.22. The number of fused-ring (bicyclic) bond motifs is 1. The molecule has 1 amide bonds. The smallest absolute Gasteiger partial charge is 0.251 e. The third-order valence-electron chi connectivity index (χ3n) is 5.08. The van der Waals surface area contributed by atoms with Crippen molar-refractivity contribution < 1.29 is 15.0 Å². The average Bonchev–Trinajstić information content (AvgIpc) is 2.77. The largest absolute Gasteiger partial charge is 0.508 e. The molecule has 2 aromatic heterocycles. The molecule has 1 aliphatic heterocycles. The van der Waals surface area contributed by atoms with Crippen molar-refractivity contribution in [1.82, 2.24) is 20.6 Å². The lowest BCUT2D eigenvalue weighted by atomic mass is 9.92. The minimum atomic E-state index is -0.745. The van der Waals surface area contributed by atoms with E-state index in [1.165, 1.54) is 0 Å². The Balaban J connectivity index is 1.33. The van der Waals surface area contributed by atoms with Crippen LogP contribution in [0.1, 0.15) is 21.5 Å². The molecule has 3 heterocycles. The number of nitrogens with zero attached hydrogens (tertiary/aromatic N) is 2. The number of rotatable bonds is 6. The van der Waals surface area contributed by atoms with Crippen LogP contribution in [0, 0.1) is 0 Å². The lowest BCUT2D eigenvalue weighted by molar-refractivity contribution is 0.0870. The van der Waals surface area contributed by atoms with E-state index in [0.717, 1.165) is 16.8 Å². The van der Waals surface area contributed by atoms with E-state index in [2.05, 4.69) is 25.9 Å². The molecule has 1 aliphatic rings. The molecular formula is C22H23N5O3. The molecular weight excluding hydrogens is 382 g/mol. The Bertz CT molecular complexity index is 1030. The Labute approximate surface area is 174 Å². The first-order valence-electron chi connectivity index (χ1n) is 9.72. The number of carbonyl (C=O) groups is 1. The molecule has 0 bridgehead atoms. The number of aromatic nitrogens is 2. The number of aliphatic hydroxyl groups excluding tert-OH is 1. The van der Waals surface area contributed by atoms with E-state index in [1.54, 1.807) is 48.9 Å². The number of hydrogen-bond donors (Lipinski definition) is 5. The number of amides is 1. The molecule has 0 fully saturated rings. The summed E-state index contributed by atoms with van der Waals surface area (Å²) in [5.41, 5.74) is 3.33. The van der Waals surface area contributed by atoms with Gasteiger partial charge in [-0.15, -0.1) is 0 Å². The molecule has 1 aromatic carbocycles. The van der Waals surface area contributed by atoms with Crippen molar-refractivity contribution in [3.05, 3.63) is 77.7 Å². The molecule has 30 heavy (non-hydrogen) atoms. The van der Waals surface area contributed by atoms with Gasteiger partial charge in [-0.25, -0.2) is 4.98 Å². The van der Waals surface area contributed by atoms with Gasteiger partial charge in [0.25, 0.3) is 5.91 Å². The highest BCUT2D eigenvalue weighted by molar-refractivity contribution is 5.94. The van der Waals surface area contributed by atoms with E-state index in [-0.39, 0.29) is 24.2 Å². The molecule has 1 unspecified atom stereocenters. The number of aliphatic hydroxyl groups is 1. The zero-order valence-corrected chi connectivity index (χ0v) is 16.2. The van der Waals surface area contributed by atoms with E-state index in [1.807, 2.05) is 12.1 Å². The highest BCUT2D eigenvalue weighted by atomic mass is 16.3. The molecule has 4 rings (SSSR count). The summed E-state index contributed by atoms with van der Waals surface area (Å²) in [6, 6.07) is 12.0. The van der Waals surface area contributed by atoms with Crippen LogP contribution in [0.25, 0.3) is 0 Å². The predicted molar refractivity (Wildman–Crippen MR) is 113 cm³/mol. The molecule has 0 saturated carbocycles. The molecule has 8 heteroatoms. The summed E-state index contributed by atoms with van der Waals surface area (Å²) in [7, 11) is 0. The van der Waals surface area contributed by atoms with Crippen molar-refractivity contribution in [3.8, 4) is 5.75 Å². The fourth-order valence-electron chi connectivity index (χ4n) is 3.46. The number of phenolic OH excluding ortho intramolecular Hbond substituents is 1. The first kappa shape index (κ1) is 19.8. The van der Waals surface area contributed by atoms with E-state index >= 15 is 0 Å². The average molecular weight is 405 g/mol. The van der Waals surface area contributed by atoms with Gasteiger partial charge in [0.05, 0.1) is 18.0 Å². The summed E-state index contributed by atoms with van der Waals surface area (Å²) in [5, 5.41) is 29.3. The molecule has 0 aliphatic carbocycles. The standard InChI is InChI=1S/C22H23N5O3/c28-18-4-3-14-9-19(25-11-16(14)8-18)20(29)13-26-22(30)15-5-7-24-21(10-15)27-17-2-1-6-23-12-17/h1-8,10,12,19-20,25,28-29H,9,11,13H2,(H,24,27)(H,26,30)/t19-,20?/m0/s1. The molecule has 5 N–H and O–H groups in total. The van der Waals surface area contributed by atoms with Gasteiger partial charge < -0.3 is 26.2 Å². The summed E-state index contributed by atoms with van der Waals surface area (Å²) in [4.78, 5) is 20.8. The highest BCUT2D eigenvalue weighted by Gasteiger charge is 2.25. The van der Waals surface area contributed by atoms with Crippen LogP contribution in [-0.2, 0) is 13.0 Å². The number of pyridine rings is 2. The van der Waals surface area contributed by atoms with Gasteiger partial charge in [-0.2, -0.15) is 0 Å². The van der Waals surface area contributed by atoms with Gasteiger partial charge in [0.15, 0.2) is 0 Å². The maximum atomic E-state index is 12.5. The minimum absolute atomic E-state index is 0.123. The Hall–Kier alpha value is -3.49. The second kappa shape index (κ2) is 8.89. The molecule has 3 aromatic rings. The molecule has 0 spiro atoms. The maximum absolute atomic E-state index is 12.5. The van der Waals surface area contributed by atoms with E-state index < -0.39 is 6.10 Å². The van der Waals surface area contributed by atoms with Crippen LogP contribution in [-0.4, -0.2) is 44.8 Å². The van der Waals surface area contributed by atoms with E-state index in [4.69, 9.17) is 0 Å². The Morgan fingerprint density at radius 3 is 2.93 bits per heavy atom. The Morgan fingerprint density at radius 1 is 1.20 bits per heavy atom. The van der Waals surface area contributed by atoms with Crippen LogP contribution in [0.5, 0.6) is 5.75 Å². The number of anilines is 2.